The molecule has 0 aliphatic carbocycles. The second-order valence-corrected chi connectivity index (χ2v) is 13.6. The van der Waals surface area contributed by atoms with Crippen LogP contribution in [0.3, 0.4) is 0 Å². The molecule has 10 heteroatoms. The van der Waals surface area contributed by atoms with Crippen molar-refractivity contribution in [3.63, 3.8) is 0 Å². The average molecular weight is 618 g/mol. The number of carbonyl (C=O) groups excluding carboxylic acids is 4. The maximum absolute atomic E-state index is 14.1. The van der Waals surface area contributed by atoms with Crippen LogP contribution in [0.1, 0.15) is 81.7 Å². The molecule has 3 amide bonds. The summed E-state index contributed by atoms with van der Waals surface area (Å²) in [6.45, 7) is 20.3. The van der Waals surface area contributed by atoms with Gasteiger partial charge in [0.1, 0.15) is 17.7 Å². The molecule has 0 bridgehead atoms. The maximum atomic E-state index is 14.1. The Labute approximate surface area is 264 Å². The topological polar surface area (TPSA) is 114 Å². The number of ether oxygens (including phenoxy) is 3. The molecule has 1 aromatic rings. The van der Waals surface area contributed by atoms with E-state index >= 15 is 0 Å². The fourth-order valence-electron chi connectivity index (χ4n) is 4.59. The number of benzene rings is 1. The third-order valence-corrected chi connectivity index (χ3v) is 7.06. The van der Waals surface area contributed by atoms with Gasteiger partial charge in [-0.2, -0.15) is 0 Å². The minimum absolute atomic E-state index is 0.0397. The first-order valence-corrected chi connectivity index (χ1v) is 15.2. The molecule has 248 valence electrons. The van der Waals surface area contributed by atoms with E-state index in [-0.39, 0.29) is 25.0 Å². The Kier molecular flexibility index (Phi) is 14.6. The Morgan fingerprint density at radius 3 is 1.98 bits per heavy atom. The van der Waals surface area contributed by atoms with E-state index in [1.54, 1.807) is 59.6 Å². The lowest BCUT2D eigenvalue weighted by Crippen LogP contribution is -2.61. The van der Waals surface area contributed by atoms with Gasteiger partial charge in [-0.25, -0.2) is 9.59 Å². The number of esters is 1. The molecule has 0 aromatic heterocycles. The predicted octanol–water partition coefficient (Wildman–Crippen LogP) is 5.35. The second kappa shape index (κ2) is 16.6. The molecule has 1 aromatic carbocycles. The smallest absolute Gasteiger partial charge is 0.410 e. The maximum Gasteiger partial charge on any atom is 0.410 e. The molecule has 0 saturated carbocycles. The van der Waals surface area contributed by atoms with Crippen LogP contribution in [0, 0.1) is 11.3 Å². The van der Waals surface area contributed by atoms with Gasteiger partial charge < -0.3 is 24.4 Å². The Morgan fingerprint density at radius 2 is 1.50 bits per heavy atom. The highest BCUT2D eigenvalue weighted by Gasteiger charge is 2.41. The highest BCUT2D eigenvalue weighted by Crippen LogP contribution is 2.25. The fourth-order valence-corrected chi connectivity index (χ4v) is 4.59. The molecule has 0 unspecified atom stereocenters. The van der Waals surface area contributed by atoms with Gasteiger partial charge in [0, 0.05) is 19.7 Å². The summed E-state index contributed by atoms with van der Waals surface area (Å²) in [7, 11) is 3.14. The molecule has 0 spiro atoms. The van der Waals surface area contributed by atoms with E-state index in [0.29, 0.717) is 5.57 Å². The van der Waals surface area contributed by atoms with Gasteiger partial charge in [-0.1, -0.05) is 71.0 Å². The van der Waals surface area contributed by atoms with E-state index in [9.17, 15) is 19.2 Å². The summed E-state index contributed by atoms with van der Waals surface area (Å²) < 4.78 is 16.8. The van der Waals surface area contributed by atoms with Crippen LogP contribution in [-0.2, 0) is 35.2 Å². The molecule has 4 atom stereocenters. The third kappa shape index (κ3) is 11.9. The van der Waals surface area contributed by atoms with Crippen molar-refractivity contribution in [2.24, 2.45) is 11.3 Å². The van der Waals surface area contributed by atoms with Crippen LogP contribution in [0.5, 0.6) is 0 Å². The number of carbonyl (C=O) groups is 4. The quantitative estimate of drug-likeness (QED) is 0.234. The molecular weight excluding hydrogens is 562 g/mol. The lowest BCUT2D eigenvalue weighted by molar-refractivity contribution is -0.143. The summed E-state index contributed by atoms with van der Waals surface area (Å²) >= 11 is 0. The molecule has 0 aliphatic rings. The van der Waals surface area contributed by atoms with E-state index in [0.717, 1.165) is 5.56 Å². The van der Waals surface area contributed by atoms with Crippen molar-refractivity contribution >= 4 is 23.9 Å². The number of amides is 3. The highest BCUT2D eigenvalue weighted by atomic mass is 16.6. The van der Waals surface area contributed by atoms with E-state index in [4.69, 9.17) is 14.2 Å². The molecule has 0 heterocycles. The van der Waals surface area contributed by atoms with E-state index < -0.39 is 53.2 Å². The molecule has 1 rings (SSSR count). The first-order valence-electron chi connectivity index (χ1n) is 15.2. The van der Waals surface area contributed by atoms with Gasteiger partial charge in [0.25, 0.3) is 0 Å². The van der Waals surface area contributed by atoms with Crippen LogP contribution < -0.4 is 5.32 Å². The highest BCUT2D eigenvalue weighted by molar-refractivity contribution is 5.92. The van der Waals surface area contributed by atoms with E-state index in [1.807, 2.05) is 65.0 Å². The molecule has 0 fully saturated rings. The summed E-state index contributed by atoms with van der Waals surface area (Å²) in [5.74, 6) is -1.38. The number of hydrogen-bond acceptors (Lipinski definition) is 7. The number of likely N-dealkylation sites (N-methyl/N-ethyl adjacent to an activating group) is 2. The van der Waals surface area contributed by atoms with Crippen LogP contribution in [-0.4, -0.2) is 84.2 Å². The predicted molar refractivity (Wildman–Crippen MR) is 172 cm³/mol. The van der Waals surface area contributed by atoms with Crippen molar-refractivity contribution in [2.75, 3.05) is 20.7 Å². The van der Waals surface area contributed by atoms with Crippen molar-refractivity contribution in [3.05, 3.63) is 47.5 Å². The first-order chi connectivity index (χ1) is 20.2. The number of hydrogen-bond donors (Lipinski definition) is 1. The van der Waals surface area contributed by atoms with Crippen molar-refractivity contribution in [1.82, 2.24) is 15.1 Å². The van der Waals surface area contributed by atoms with Gasteiger partial charge in [-0.05, 0) is 58.4 Å². The molecule has 1 N–H and O–H groups in total. The summed E-state index contributed by atoms with van der Waals surface area (Å²) in [5.41, 5.74) is -0.182. The van der Waals surface area contributed by atoms with Gasteiger partial charge in [0.15, 0.2) is 0 Å². The normalized spacial score (nSPS) is 15.1. The SMILES string of the molecule is CCOC(=O)C(C)=C[C@H](C(C)C)N(C)C(=O)[C@@H](NC(=O)[C@H]([C@@H](C)OCc1ccccc1)N(C)C(=O)OC(C)(C)C)C(C)(C)C. The average Bonchev–Trinajstić information content (AvgIpc) is 2.91. The second-order valence-electron chi connectivity index (χ2n) is 13.6. The van der Waals surface area contributed by atoms with Crippen LogP contribution in [0.25, 0.3) is 0 Å². The van der Waals surface area contributed by atoms with Crippen molar-refractivity contribution in [1.29, 1.82) is 0 Å². The van der Waals surface area contributed by atoms with Crippen LogP contribution >= 0.6 is 0 Å². The van der Waals surface area contributed by atoms with Crippen molar-refractivity contribution < 1.29 is 33.4 Å². The lowest BCUT2D eigenvalue weighted by atomic mass is 9.84. The monoisotopic (exact) mass is 617 g/mol. The van der Waals surface area contributed by atoms with Crippen LogP contribution in [0.15, 0.2) is 42.0 Å². The van der Waals surface area contributed by atoms with Gasteiger partial charge >= 0.3 is 12.1 Å². The van der Waals surface area contributed by atoms with Gasteiger partial charge in [-0.15, -0.1) is 0 Å². The number of rotatable bonds is 13. The first kappa shape index (κ1) is 38.6. The summed E-state index contributed by atoms with van der Waals surface area (Å²) in [6.07, 6.45) is 0.281. The Bertz CT molecular complexity index is 1140. The molecular formula is C34H55N3O7. The molecule has 0 saturated heterocycles. The standard InChI is InChI=1S/C34H55N3O7/c1-14-42-31(40)23(4)20-26(22(2)3)36(12)30(39)28(33(6,7)8)35-29(38)27(37(13)32(41)44-34(9,10)11)24(5)43-21-25-18-16-15-17-19-25/h15-20,22,24,26-28H,14,21H2,1-13H3,(H,35,38)/t24-,26-,27+,28-/m1/s1. The molecule has 10 nitrogen and oxygen atoms in total. The summed E-state index contributed by atoms with van der Waals surface area (Å²) in [4.78, 5) is 56.3. The molecule has 0 aliphatic heterocycles. The minimum Gasteiger partial charge on any atom is -0.463 e. The third-order valence-electron chi connectivity index (χ3n) is 7.06. The van der Waals surface area contributed by atoms with Gasteiger partial charge in [-0.3, -0.25) is 14.5 Å². The van der Waals surface area contributed by atoms with E-state index in [1.165, 1.54) is 11.9 Å². The lowest BCUT2D eigenvalue weighted by Gasteiger charge is -2.39. The largest absolute Gasteiger partial charge is 0.463 e. The van der Waals surface area contributed by atoms with Gasteiger partial charge in [0.05, 0.1) is 25.4 Å². The van der Waals surface area contributed by atoms with Gasteiger partial charge in [0.2, 0.25) is 11.8 Å². The van der Waals surface area contributed by atoms with E-state index in [2.05, 4.69) is 5.32 Å². The summed E-state index contributed by atoms with van der Waals surface area (Å²) in [5, 5.41) is 2.93. The zero-order valence-corrected chi connectivity index (χ0v) is 29.0. The van der Waals surface area contributed by atoms with Crippen LogP contribution in [0.4, 0.5) is 4.79 Å². The van der Waals surface area contributed by atoms with Crippen molar-refractivity contribution in [3.8, 4) is 0 Å². The summed E-state index contributed by atoms with van der Waals surface area (Å²) in [6, 6.07) is 6.99. The zero-order chi connectivity index (χ0) is 34.0. The zero-order valence-electron chi connectivity index (χ0n) is 29.0. The van der Waals surface area contributed by atoms with Crippen molar-refractivity contribution in [2.45, 2.75) is 113 Å². The molecule has 0 radical (unpaired) electrons. The number of nitrogens with one attached hydrogen (secondary N) is 1. The Hall–Kier alpha value is -3.40. The fraction of sp³-hybridized carbons (Fsp3) is 0.647. The van der Waals surface area contributed by atoms with Crippen LogP contribution in [0.2, 0.25) is 0 Å². The Morgan fingerprint density at radius 1 is 0.932 bits per heavy atom. The minimum atomic E-state index is -1.11. The Balaban J connectivity index is 3.41. The number of nitrogens with zero attached hydrogens (tertiary/aromatic N) is 2. The molecule has 44 heavy (non-hydrogen) atoms.